The second-order valence-electron chi connectivity index (χ2n) is 5.51. The number of nitrogens with zero attached hydrogens (tertiary/aromatic N) is 1. The van der Waals surface area contributed by atoms with Crippen molar-refractivity contribution < 1.29 is 9.84 Å². The van der Waals surface area contributed by atoms with E-state index in [1.807, 2.05) is 55.5 Å². The third-order valence-corrected chi connectivity index (χ3v) is 3.79. The molecule has 1 aromatic heterocycles. The highest BCUT2D eigenvalue weighted by Crippen LogP contribution is 2.21. The minimum absolute atomic E-state index is 0.500. The van der Waals surface area contributed by atoms with Gasteiger partial charge in [-0.15, -0.1) is 0 Å². The fourth-order valence-electron chi connectivity index (χ4n) is 2.49. The lowest BCUT2D eigenvalue weighted by Gasteiger charge is -2.12. The Labute approximate surface area is 135 Å². The van der Waals surface area contributed by atoms with E-state index in [2.05, 4.69) is 15.5 Å². The molecule has 5 nitrogen and oxygen atoms in total. The van der Waals surface area contributed by atoms with Crippen molar-refractivity contribution in [1.82, 2.24) is 15.5 Å². The SMILES string of the molecule is Cc1[nH]nc2cc(OCCNCC(O)c3ccccc3)ccc12. The molecular formula is C18H21N3O2. The summed E-state index contributed by atoms with van der Waals surface area (Å²) in [6.45, 7) is 3.71. The molecule has 0 fully saturated rings. The average molecular weight is 311 g/mol. The number of aryl methyl sites for hydroxylation is 1. The van der Waals surface area contributed by atoms with Crippen molar-refractivity contribution in [1.29, 1.82) is 0 Å². The molecule has 3 aromatic rings. The van der Waals surface area contributed by atoms with Crippen molar-refractivity contribution in [3.63, 3.8) is 0 Å². The molecule has 0 radical (unpaired) electrons. The molecule has 0 saturated carbocycles. The number of aliphatic hydroxyl groups is 1. The highest BCUT2D eigenvalue weighted by atomic mass is 16.5. The molecule has 3 N–H and O–H groups in total. The van der Waals surface area contributed by atoms with Crippen molar-refractivity contribution >= 4 is 10.9 Å². The normalized spacial score (nSPS) is 12.4. The van der Waals surface area contributed by atoms with Crippen molar-refractivity contribution in [2.45, 2.75) is 13.0 Å². The van der Waals surface area contributed by atoms with Crippen LogP contribution < -0.4 is 10.1 Å². The molecule has 0 aliphatic rings. The second-order valence-corrected chi connectivity index (χ2v) is 5.51. The summed E-state index contributed by atoms with van der Waals surface area (Å²) >= 11 is 0. The second kappa shape index (κ2) is 7.26. The third-order valence-electron chi connectivity index (χ3n) is 3.79. The Morgan fingerprint density at radius 1 is 1.22 bits per heavy atom. The monoisotopic (exact) mass is 311 g/mol. The number of rotatable bonds is 7. The lowest BCUT2D eigenvalue weighted by atomic mass is 10.1. The molecule has 0 aliphatic carbocycles. The fraction of sp³-hybridized carbons (Fsp3) is 0.278. The van der Waals surface area contributed by atoms with Gasteiger partial charge in [-0.1, -0.05) is 30.3 Å². The first kappa shape index (κ1) is 15.5. The number of nitrogens with one attached hydrogen (secondary N) is 2. The summed E-state index contributed by atoms with van der Waals surface area (Å²) in [5.74, 6) is 0.800. The van der Waals surface area contributed by atoms with Gasteiger partial charge in [0.05, 0.1) is 11.6 Å². The number of H-pyrrole nitrogens is 1. The van der Waals surface area contributed by atoms with Gasteiger partial charge >= 0.3 is 0 Å². The summed E-state index contributed by atoms with van der Waals surface area (Å²) in [5.41, 5.74) is 2.89. The molecule has 3 rings (SSSR count). The molecule has 1 atom stereocenters. The maximum absolute atomic E-state index is 10.0. The van der Waals surface area contributed by atoms with E-state index in [1.165, 1.54) is 0 Å². The van der Waals surface area contributed by atoms with Crippen molar-refractivity contribution in [2.24, 2.45) is 0 Å². The first-order valence-electron chi connectivity index (χ1n) is 7.75. The topological polar surface area (TPSA) is 70.2 Å². The van der Waals surface area contributed by atoms with E-state index in [-0.39, 0.29) is 0 Å². The number of aromatic nitrogens is 2. The third kappa shape index (κ3) is 3.88. The quantitative estimate of drug-likeness (QED) is 0.587. The van der Waals surface area contributed by atoms with Crippen LogP contribution in [0.1, 0.15) is 17.4 Å². The summed E-state index contributed by atoms with van der Waals surface area (Å²) in [6.07, 6.45) is -0.500. The van der Waals surface area contributed by atoms with Gasteiger partial charge in [-0.05, 0) is 24.6 Å². The van der Waals surface area contributed by atoms with Gasteiger partial charge in [0.25, 0.3) is 0 Å². The molecule has 1 unspecified atom stereocenters. The molecular weight excluding hydrogens is 290 g/mol. The number of hydrogen-bond acceptors (Lipinski definition) is 4. The number of fused-ring (bicyclic) bond motifs is 1. The molecule has 0 amide bonds. The van der Waals surface area contributed by atoms with Crippen molar-refractivity contribution in [2.75, 3.05) is 19.7 Å². The Bertz CT molecular complexity index is 755. The smallest absolute Gasteiger partial charge is 0.121 e. The van der Waals surface area contributed by atoms with Crippen LogP contribution >= 0.6 is 0 Å². The van der Waals surface area contributed by atoms with Crippen molar-refractivity contribution in [3.8, 4) is 5.75 Å². The standard InChI is InChI=1S/C18H21N3O2/c1-13-16-8-7-15(11-17(16)21-20-13)23-10-9-19-12-18(22)14-5-3-2-4-6-14/h2-8,11,18-19,22H,9-10,12H2,1H3,(H,20,21). The zero-order valence-electron chi connectivity index (χ0n) is 13.1. The molecule has 0 spiro atoms. The van der Waals surface area contributed by atoms with E-state index in [1.54, 1.807) is 0 Å². The van der Waals surface area contributed by atoms with Crippen molar-refractivity contribution in [3.05, 3.63) is 59.8 Å². The minimum atomic E-state index is -0.500. The predicted octanol–water partition coefficient (Wildman–Crippen LogP) is 2.57. The number of hydrogen-bond donors (Lipinski definition) is 3. The van der Waals surface area contributed by atoms with E-state index >= 15 is 0 Å². The highest BCUT2D eigenvalue weighted by Gasteiger charge is 2.06. The van der Waals surface area contributed by atoms with Gasteiger partial charge < -0.3 is 15.2 Å². The lowest BCUT2D eigenvalue weighted by molar-refractivity contribution is 0.172. The van der Waals surface area contributed by atoms with Gasteiger partial charge in [0.2, 0.25) is 0 Å². The Morgan fingerprint density at radius 3 is 2.87 bits per heavy atom. The van der Waals surface area contributed by atoms with Crippen LogP contribution in [-0.4, -0.2) is 35.0 Å². The Morgan fingerprint density at radius 2 is 2.04 bits per heavy atom. The molecule has 0 saturated heterocycles. The molecule has 2 aromatic carbocycles. The van der Waals surface area contributed by atoms with Crippen LogP contribution in [0.25, 0.3) is 10.9 Å². The zero-order chi connectivity index (χ0) is 16.1. The number of aromatic amines is 1. The van der Waals surface area contributed by atoms with E-state index in [9.17, 15) is 5.11 Å². The summed E-state index contributed by atoms with van der Waals surface area (Å²) in [7, 11) is 0. The summed E-state index contributed by atoms with van der Waals surface area (Å²) < 4.78 is 5.71. The number of ether oxygens (including phenoxy) is 1. The molecule has 120 valence electrons. The fourth-order valence-corrected chi connectivity index (χ4v) is 2.49. The number of aliphatic hydroxyl groups excluding tert-OH is 1. The van der Waals surface area contributed by atoms with Gasteiger partial charge in [-0.25, -0.2) is 0 Å². The van der Waals surface area contributed by atoms with Gasteiger partial charge in [-0.2, -0.15) is 5.10 Å². The van der Waals surface area contributed by atoms with Crippen LogP contribution in [0.4, 0.5) is 0 Å². The van der Waals surface area contributed by atoms with E-state index in [0.29, 0.717) is 19.7 Å². The lowest BCUT2D eigenvalue weighted by Crippen LogP contribution is -2.26. The van der Waals surface area contributed by atoms with Gasteiger partial charge in [0.1, 0.15) is 12.4 Å². The van der Waals surface area contributed by atoms with Crippen LogP contribution in [0.15, 0.2) is 48.5 Å². The van der Waals surface area contributed by atoms with Crippen LogP contribution in [-0.2, 0) is 0 Å². The molecule has 5 heteroatoms. The Kier molecular flexibility index (Phi) is 4.90. The highest BCUT2D eigenvalue weighted by molar-refractivity contribution is 5.82. The Hall–Kier alpha value is -2.37. The van der Waals surface area contributed by atoms with Gasteiger partial charge in [0, 0.05) is 30.2 Å². The Balaban J connectivity index is 1.42. The summed E-state index contributed by atoms with van der Waals surface area (Å²) in [6, 6.07) is 15.5. The van der Waals surface area contributed by atoms with Gasteiger partial charge in [0.15, 0.2) is 0 Å². The summed E-state index contributed by atoms with van der Waals surface area (Å²) in [5, 5.41) is 21.5. The van der Waals surface area contributed by atoms with Gasteiger partial charge in [-0.3, -0.25) is 5.10 Å². The average Bonchev–Trinajstić information content (AvgIpc) is 2.96. The van der Waals surface area contributed by atoms with E-state index < -0.39 is 6.10 Å². The first-order valence-corrected chi connectivity index (χ1v) is 7.75. The maximum Gasteiger partial charge on any atom is 0.121 e. The molecule has 23 heavy (non-hydrogen) atoms. The number of benzene rings is 2. The zero-order valence-corrected chi connectivity index (χ0v) is 13.1. The molecule has 1 heterocycles. The van der Waals surface area contributed by atoms with E-state index in [0.717, 1.165) is 27.9 Å². The minimum Gasteiger partial charge on any atom is -0.492 e. The largest absolute Gasteiger partial charge is 0.492 e. The maximum atomic E-state index is 10.0. The van der Waals surface area contributed by atoms with Crippen LogP contribution in [0.5, 0.6) is 5.75 Å². The predicted molar refractivity (Wildman–Crippen MR) is 90.6 cm³/mol. The van der Waals surface area contributed by atoms with Crippen LogP contribution in [0.3, 0.4) is 0 Å². The molecule has 0 aliphatic heterocycles. The van der Waals surface area contributed by atoms with E-state index in [4.69, 9.17) is 4.74 Å². The first-order chi connectivity index (χ1) is 11.2. The van der Waals surface area contributed by atoms with Crippen LogP contribution in [0, 0.1) is 6.92 Å². The van der Waals surface area contributed by atoms with Crippen LogP contribution in [0.2, 0.25) is 0 Å². The molecule has 0 bridgehead atoms. The summed E-state index contributed by atoms with van der Waals surface area (Å²) in [4.78, 5) is 0.